The van der Waals surface area contributed by atoms with Gasteiger partial charge in [0.15, 0.2) is 0 Å². The summed E-state index contributed by atoms with van der Waals surface area (Å²) in [5, 5.41) is 0. The third-order valence-corrected chi connectivity index (χ3v) is 4.22. The van der Waals surface area contributed by atoms with E-state index in [1.54, 1.807) is 0 Å². The van der Waals surface area contributed by atoms with Gasteiger partial charge in [0, 0.05) is 5.71 Å². The van der Waals surface area contributed by atoms with Crippen LogP contribution in [0.3, 0.4) is 0 Å². The average molecular weight is 222 g/mol. The first kappa shape index (κ1) is 11.2. The second kappa shape index (κ2) is 3.35. The fraction of sp³-hybridized carbons (Fsp3) is 0.889. The number of hydrogen-bond acceptors (Lipinski definition) is 1. The van der Waals surface area contributed by atoms with Gasteiger partial charge in [0.05, 0.1) is 9.62 Å². The lowest BCUT2D eigenvalue weighted by molar-refractivity contribution is 0.650. The zero-order chi connectivity index (χ0) is 10.3. The highest BCUT2D eigenvalue weighted by atomic mass is 35.5. The van der Waals surface area contributed by atoms with Crippen molar-refractivity contribution in [3.05, 3.63) is 0 Å². The summed E-state index contributed by atoms with van der Waals surface area (Å²) in [6, 6.07) is 0. The molecule has 76 valence electrons. The number of nitrogens with zero attached hydrogens (tertiary/aromatic N) is 1. The Hall–Kier alpha value is 0.110. The Morgan fingerprint density at radius 2 is 1.92 bits per heavy atom. The van der Waals surface area contributed by atoms with Gasteiger partial charge >= 0.3 is 0 Å². The highest BCUT2D eigenvalue weighted by molar-refractivity contribution is 7.85. The van der Waals surface area contributed by atoms with Gasteiger partial charge < -0.3 is 0 Å². The first-order chi connectivity index (χ1) is 5.76. The maximum absolute atomic E-state index is 11.6. The second-order valence-corrected chi connectivity index (χ2v) is 7.13. The van der Waals surface area contributed by atoms with Crippen LogP contribution in [0.25, 0.3) is 0 Å². The Bertz CT molecular complexity index is 263. The lowest BCUT2D eigenvalue weighted by Gasteiger charge is -2.15. The van der Waals surface area contributed by atoms with E-state index in [2.05, 4.69) is 4.40 Å². The van der Waals surface area contributed by atoms with Crippen molar-refractivity contribution in [3.8, 4) is 0 Å². The standard InChI is InChI=1S/C9H16ClNOS/c1-7(9(10)5-6-9)11-13(12)8(2,3)4/h5-6H2,1-4H3/b11-7+. The molecule has 0 aliphatic heterocycles. The third-order valence-electron chi connectivity index (χ3n) is 2.08. The highest BCUT2D eigenvalue weighted by Gasteiger charge is 2.44. The first-order valence-electron chi connectivity index (χ1n) is 4.42. The van der Waals surface area contributed by atoms with Gasteiger partial charge in [-0.3, -0.25) is 0 Å². The van der Waals surface area contributed by atoms with Crippen molar-refractivity contribution >= 4 is 28.3 Å². The van der Waals surface area contributed by atoms with Gasteiger partial charge in [-0.2, -0.15) is 4.40 Å². The molecule has 1 saturated carbocycles. The van der Waals surface area contributed by atoms with Crippen LogP contribution in [0.5, 0.6) is 0 Å². The molecule has 0 bridgehead atoms. The largest absolute Gasteiger partial charge is 0.234 e. The smallest absolute Gasteiger partial charge is 0.144 e. The molecular weight excluding hydrogens is 206 g/mol. The van der Waals surface area contributed by atoms with Crippen LogP contribution in [-0.2, 0) is 11.0 Å². The van der Waals surface area contributed by atoms with E-state index < -0.39 is 11.0 Å². The van der Waals surface area contributed by atoms with E-state index in [4.69, 9.17) is 11.6 Å². The fourth-order valence-electron chi connectivity index (χ4n) is 0.815. The zero-order valence-electron chi connectivity index (χ0n) is 8.56. The van der Waals surface area contributed by atoms with Gasteiger partial charge in [-0.25, -0.2) is 4.21 Å². The molecule has 4 heteroatoms. The summed E-state index contributed by atoms with van der Waals surface area (Å²) in [5.74, 6) is 0. The number of rotatable bonds is 2. The molecule has 0 saturated heterocycles. The predicted molar refractivity (Wildman–Crippen MR) is 58.8 cm³/mol. The van der Waals surface area contributed by atoms with Gasteiger partial charge in [-0.1, -0.05) is 0 Å². The van der Waals surface area contributed by atoms with Crippen molar-refractivity contribution in [2.75, 3.05) is 0 Å². The minimum absolute atomic E-state index is 0.263. The minimum atomic E-state index is -1.17. The maximum Gasteiger partial charge on any atom is 0.144 e. The molecule has 0 amide bonds. The van der Waals surface area contributed by atoms with Crippen LogP contribution in [0.15, 0.2) is 4.40 Å². The molecule has 1 aliphatic carbocycles. The first-order valence-corrected chi connectivity index (χ1v) is 5.91. The number of alkyl halides is 1. The molecule has 1 aliphatic rings. The van der Waals surface area contributed by atoms with E-state index in [1.807, 2.05) is 27.7 Å². The van der Waals surface area contributed by atoms with Crippen LogP contribution in [0.1, 0.15) is 40.5 Å². The Kier molecular flexibility index (Phi) is 2.89. The monoisotopic (exact) mass is 221 g/mol. The van der Waals surface area contributed by atoms with Crippen molar-refractivity contribution in [1.82, 2.24) is 0 Å². The summed E-state index contributed by atoms with van der Waals surface area (Å²) in [6.07, 6.45) is 1.93. The molecule has 1 unspecified atom stereocenters. The van der Waals surface area contributed by atoms with Crippen LogP contribution >= 0.6 is 11.6 Å². The molecule has 0 N–H and O–H groups in total. The van der Waals surface area contributed by atoms with Crippen LogP contribution < -0.4 is 0 Å². The third kappa shape index (κ3) is 2.78. The lowest BCUT2D eigenvalue weighted by Crippen LogP contribution is -2.22. The summed E-state index contributed by atoms with van der Waals surface area (Å²) in [7, 11) is -1.17. The van der Waals surface area contributed by atoms with Gasteiger partial charge in [-0.15, -0.1) is 11.6 Å². The van der Waals surface area contributed by atoms with E-state index in [9.17, 15) is 4.21 Å². The van der Waals surface area contributed by atoms with Gasteiger partial charge in [-0.05, 0) is 40.5 Å². The van der Waals surface area contributed by atoms with Crippen molar-refractivity contribution in [2.45, 2.75) is 50.2 Å². The van der Waals surface area contributed by atoms with Crippen LogP contribution in [0.2, 0.25) is 0 Å². The summed E-state index contributed by atoms with van der Waals surface area (Å²) in [6.45, 7) is 7.60. The Morgan fingerprint density at radius 3 is 2.23 bits per heavy atom. The second-order valence-electron chi connectivity index (χ2n) is 4.50. The van der Waals surface area contributed by atoms with E-state index in [0.29, 0.717) is 0 Å². The average Bonchev–Trinajstić information content (AvgIpc) is 2.67. The van der Waals surface area contributed by atoms with E-state index >= 15 is 0 Å². The maximum atomic E-state index is 11.6. The lowest BCUT2D eigenvalue weighted by atomic mass is 10.3. The molecular formula is C9H16ClNOS. The summed E-state index contributed by atoms with van der Waals surface area (Å²) in [4.78, 5) is -0.263. The Morgan fingerprint density at radius 1 is 1.46 bits per heavy atom. The highest BCUT2D eigenvalue weighted by Crippen LogP contribution is 2.44. The van der Waals surface area contributed by atoms with Crippen molar-refractivity contribution in [3.63, 3.8) is 0 Å². The van der Waals surface area contributed by atoms with E-state index in [0.717, 1.165) is 18.6 Å². The zero-order valence-corrected chi connectivity index (χ0v) is 10.1. The summed E-state index contributed by atoms with van der Waals surface area (Å²) in [5.41, 5.74) is 0.822. The number of hydrogen-bond donors (Lipinski definition) is 0. The van der Waals surface area contributed by atoms with Crippen molar-refractivity contribution in [1.29, 1.82) is 0 Å². The van der Waals surface area contributed by atoms with Gasteiger partial charge in [0.2, 0.25) is 0 Å². The molecule has 0 radical (unpaired) electrons. The summed E-state index contributed by atoms with van der Waals surface area (Å²) < 4.78 is 15.5. The normalized spacial score (nSPS) is 24.2. The molecule has 0 aromatic heterocycles. The molecule has 0 aromatic rings. The fourth-order valence-corrected chi connectivity index (χ4v) is 1.70. The van der Waals surface area contributed by atoms with E-state index in [-0.39, 0.29) is 9.62 Å². The molecule has 0 aromatic carbocycles. The molecule has 2 nitrogen and oxygen atoms in total. The minimum Gasteiger partial charge on any atom is -0.234 e. The molecule has 1 fully saturated rings. The Labute approximate surface area is 87.4 Å². The molecule has 1 atom stereocenters. The predicted octanol–water partition coefficient (Wildman–Crippen LogP) is 2.68. The van der Waals surface area contributed by atoms with Gasteiger partial charge in [0.1, 0.15) is 11.0 Å². The number of halogens is 1. The van der Waals surface area contributed by atoms with E-state index in [1.165, 1.54) is 0 Å². The Balaban J connectivity index is 2.71. The quantitative estimate of drug-likeness (QED) is 0.521. The van der Waals surface area contributed by atoms with Crippen molar-refractivity contribution in [2.24, 2.45) is 4.40 Å². The van der Waals surface area contributed by atoms with Gasteiger partial charge in [0.25, 0.3) is 0 Å². The molecule has 0 heterocycles. The van der Waals surface area contributed by atoms with Crippen LogP contribution in [0, 0.1) is 0 Å². The van der Waals surface area contributed by atoms with Crippen molar-refractivity contribution < 1.29 is 4.21 Å². The topological polar surface area (TPSA) is 29.4 Å². The molecule has 13 heavy (non-hydrogen) atoms. The summed E-state index contributed by atoms with van der Waals surface area (Å²) >= 11 is 6.12. The SMILES string of the molecule is C/C(=N\S(=O)C(C)(C)C)C1(Cl)CC1. The molecule has 1 rings (SSSR count). The van der Waals surface area contributed by atoms with Crippen LogP contribution in [0.4, 0.5) is 0 Å². The molecule has 0 spiro atoms. The van der Waals surface area contributed by atoms with Crippen LogP contribution in [-0.4, -0.2) is 19.5 Å².